The van der Waals surface area contributed by atoms with Gasteiger partial charge >= 0.3 is 5.97 Å². The Bertz CT molecular complexity index is 422. The van der Waals surface area contributed by atoms with Crippen molar-refractivity contribution in [2.24, 2.45) is 0 Å². The SMILES string of the molecule is O=C(NC1(C(=O)O)CC1)c1coc(Br)c1. The van der Waals surface area contributed by atoms with E-state index in [0.717, 1.165) is 0 Å². The third kappa shape index (κ3) is 1.90. The van der Waals surface area contributed by atoms with Crippen molar-refractivity contribution >= 4 is 27.8 Å². The van der Waals surface area contributed by atoms with Gasteiger partial charge in [-0.15, -0.1) is 0 Å². The maximum atomic E-state index is 11.6. The molecule has 0 bridgehead atoms. The molecule has 6 heteroatoms. The van der Waals surface area contributed by atoms with E-state index in [1.807, 2.05) is 0 Å². The van der Waals surface area contributed by atoms with Crippen molar-refractivity contribution in [2.75, 3.05) is 0 Å². The summed E-state index contributed by atoms with van der Waals surface area (Å²) >= 11 is 3.06. The number of halogens is 1. The summed E-state index contributed by atoms with van der Waals surface area (Å²) in [6, 6.07) is 1.49. The van der Waals surface area contributed by atoms with E-state index in [9.17, 15) is 9.59 Å². The molecular formula is C9H8BrNO4. The van der Waals surface area contributed by atoms with Gasteiger partial charge in [0, 0.05) is 6.07 Å². The second-order valence-electron chi connectivity index (χ2n) is 3.48. The molecule has 80 valence electrons. The number of amides is 1. The molecule has 2 N–H and O–H groups in total. The van der Waals surface area contributed by atoms with E-state index in [2.05, 4.69) is 21.2 Å². The number of nitrogens with one attached hydrogen (secondary N) is 1. The second kappa shape index (κ2) is 3.37. The Hall–Kier alpha value is -1.30. The number of carboxylic acid groups (broad SMARTS) is 1. The number of hydrogen-bond acceptors (Lipinski definition) is 3. The van der Waals surface area contributed by atoms with E-state index in [1.54, 1.807) is 0 Å². The molecular weight excluding hydrogens is 266 g/mol. The molecule has 15 heavy (non-hydrogen) atoms. The number of furan rings is 1. The zero-order valence-electron chi connectivity index (χ0n) is 7.62. The molecule has 0 unspecified atom stereocenters. The fourth-order valence-electron chi connectivity index (χ4n) is 1.24. The molecule has 0 atom stereocenters. The van der Waals surface area contributed by atoms with E-state index in [1.165, 1.54) is 12.3 Å². The van der Waals surface area contributed by atoms with Crippen molar-refractivity contribution in [1.29, 1.82) is 0 Å². The summed E-state index contributed by atoms with van der Waals surface area (Å²) in [7, 11) is 0. The van der Waals surface area contributed by atoms with Crippen LogP contribution in [0.1, 0.15) is 23.2 Å². The minimum absolute atomic E-state index is 0.314. The number of rotatable bonds is 3. The van der Waals surface area contributed by atoms with Crippen LogP contribution in [0.4, 0.5) is 0 Å². The normalized spacial score (nSPS) is 17.1. The van der Waals surface area contributed by atoms with Crippen LogP contribution in [0.5, 0.6) is 0 Å². The van der Waals surface area contributed by atoms with Gasteiger partial charge in [-0.05, 0) is 28.8 Å². The molecule has 1 amide bonds. The van der Waals surface area contributed by atoms with Crippen LogP contribution in [-0.2, 0) is 4.79 Å². The lowest BCUT2D eigenvalue weighted by molar-refractivity contribution is -0.140. The predicted octanol–water partition coefficient (Wildman–Crippen LogP) is 1.39. The molecule has 1 fully saturated rings. The van der Waals surface area contributed by atoms with E-state index in [-0.39, 0.29) is 0 Å². The Morgan fingerprint density at radius 2 is 2.20 bits per heavy atom. The smallest absolute Gasteiger partial charge is 0.329 e. The standard InChI is InChI=1S/C9H8BrNO4/c10-6-3-5(4-15-6)7(12)11-9(1-2-9)8(13)14/h3-4H,1-2H2,(H,11,12)(H,13,14). The Labute approximate surface area is 93.6 Å². The van der Waals surface area contributed by atoms with Gasteiger partial charge in [0.05, 0.1) is 5.56 Å². The molecule has 0 aliphatic heterocycles. The van der Waals surface area contributed by atoms with Gasteiger partial charge in [-0.1, -0.05) is 0 Å². The molecule has 0 spiro atoms. The van der Waals surface area contributed by atoms with Gasteiger partial charge in [-0.2, -0.15) is 0 Å². The van der Waals surface area contributed by atoms with E-state index in [4.69, 9.17) is 9.52 Å². The summed E-state index contributed by atoms with van der Waals surface area (Å²) in [5.41, 5.74) is -0.740. The van der Waals surface area contributed by atoms with Crippen molar-refractivity contribution < 1.29 is 19.1 Å². The van der Waals surface area contributed by atoms with Crippen LogP contribution < -0.4 is 5.32 Å². The summed E-state index contributed by atoms with van der Waals surface area (Å²) in [4.78, 5) is 22.4. The molecule has 0 radical (unpaired) electrons. The minimum atomic E-state index is -1.05. The number of carbonyl (C=O) groups is 2. The van der Waals surface area contributed by atoms with Crippen molar-refractivity contribution in [2.45, 2.75) is 18.4 Å². The predicted molar refractivity (Wildman–Crippen MR) is 53.5 cm³/mol. The fraction of sp³-hybridized carbons (Fsp3) is 0.333. The molecule has 2 rings (SSSR count). The molecule has 1 aromatic rings. The highest BCUT2D eigenvalue weighted by Crippen LogP contribution is 2.35. The van der Waals surface area contributed by atoms with Crippen molar-refractivity contribution in [3.05, 3.63) is 22.6 Å². The number of aliphatic carboxylic acids is 1. The molecule has 0 saturated heterocycles. The Morgan fingerprint density at radius 1 is 1.53 bits per heavy atom. The molecule has 1 aliphatic carbocycles. The zero-order valence-corrected chi connectivity index (χ0v) is 9.20. The highest BCUT2D eigenvalue weighted by Gasteiger charge is 2.51. The van der Waals surface area contributed by atoms with E-state index >= 15 is 0 Å². The third-order valence-electron chi connectivity index (χ3n) is 2.34. The lowest BCUT2D eigenvalue weighted by Crippen LogP contribution is -2.42. The topological polar surface area (TPSA) is 79.5 Å². The maximum Gasteiger partial charge on any atom is 0.329 e. The van der Waals surface area contributed by atoms with E-state index < -0.39 is 17.4 Å². The number of hydrogen-bond donors (Lipinski definition) is 2. The highest BCUT2D eigenvalue weighted by atomic mass is 79.9. The van der Waals surface area contributed by atoms with Gasteiger partial charge in [0.25, 0.3) is 5.91 Å². The van der Waals surface area contributed by atoms with Crippen LogP contribution in [0.15, 0.2) is 21.4 Å². The summed E-state index contributed by atoms with van der Waals surface area (Å²) in [5, 5.41) is 11.3. The minimum Gasteiger partial charge on any atom is -0.480 e. The van der Waals surface area contributed by atoms with Crippen LogP contribution in [0, 0.1) is 0 Å². The fourth-order valence-corrected chi connectivity index (χ4v) is 1.58. The average molecular weight is 274 g/mol. The first-order chi connectivity index (χ1) is 7.03. The van der Waals surface area contributed by atoms with Crippen LogP contribution >= 0.6 is 15.9 Å². The summed E-state index contributed by atoms with van der Waals surface area (Å²) in [6.45, 7) is 0. The highest BCUT2D eigenvalue weighted by molar-refractivity contribution is 9.10. The van der Waals surface area contributed by atoms with Crippen molar-refractivity contribution in [1.82, 2.24) is 5.32 Å². The summed E-state index contributed by atoms with van der Waals surface area (Å²) in [5.74, 6) is -1.41. The Morgan fingerprint density at radius 3 is 2.60 bits per heavy atom. The van der Waals surface area contributed by atoms with Gasteiger partial charge in [-0.3, -0.25) is 4.79 Å². The monoisotopic (exact) mass is 273 g/mol. The first-order valence-corrected chi connectivity index (χ1v) is 5.13. The van der Waals surface area contributed by atoms with E-state index in [0.29, 0.717) is 23.1 Å². The average Bonchev–Trinajstić information content (AvgIpc) is 2.82. The molecule has 5 nitrogen and oxygen atoms in total. The van der Waals surface area contributed by atoms with Crippen LogP contribution in [0.2, 0.25) is 0 Å². The molecule has 1 heterocycles. The van der Waals surface area contributed by atoms with Crippen LogP contribution in [-0.4, -0.2) is 22.5 Å². The molecule has 1 saturated carbocycles. The van der Waals surface area contributed by atoms with Gasteiger partial charge in [0.15, 0.2) is 4.67 Å². The quantitative estimate of drug-likeness (QED) is 0.872. The largest absolute Gasteiger partial charge is 0.480 e. The lowest BCUT2D eigenvalue weighted by atomic mass is 10.2. The van der Waals surface area contributed by atoms with Crippen molar-refractivity contribution in [3.8, 4) is 0 Å². The van der Waals surface area contributed by atoms with Gasteiger partial charge in [0.2, 0.25) is 0 Å². The van der Waals surface area contributed by atoms with Gasteiger partial charge < -0.3 is 14.8 Å². The molecule has 0 aromatic carbocycles. The van der Waals surface area contributed by atoms with Gasteiger partial charge in [-0.25, -0.2) is 4.79 Å². The number of carbonyl (C=O) groups excluding carboxylic acids is 1. The Balaban J connectivity index is 2.08. The molecule has 1 aliphatic rings. The number of carboxylic acids is 1. The van der Waals surface area contributed by atoms with Crippen LogP contribution in [0.25, 0.3) is 0 Å². The zero-order chi connectivity index (χ0) is 11.1. The lowest BCUT2D eigenvalue weighted by Gasteiger charge is -2.10. The third-order valence-corrected chi connectivity index (χ3v) is 2.76. The first-order valence-electron chi connectivity index (χ1n) is 4.33. The molecule has 1 aromatic heterocycles. The second-order valence-corrected chi connectivity index (χ2v) is 4.26. The van der Waals surface area contributed by atoms with Gasteiger partial charge in [0.1, 0.15) is 11.8 Å². The Kier molecular flexibility index (Phi) is 2.30. The maximum absolute atomic E-state index is 11.6. The van der Waals surface area contributed by atoms with Crippen LogP contribution in [0.3, 0.4) is 0 Å². The summed E-state index contributed by atoms with van der Waals surface area (Å²) < 4.78 is 5.33. The van der Waals surface area contributed by atoms with Crippen molar-refractivity contribution in [3.63, 3.8) is 0 Å². The summed E-state index contributed by atoms with van der Waals surface area (Å²) in [6.07, 6.45) is 2.23. The first kappa shape index (κ1) is 10.2.